The van der Waals surface area contributed by atoms with Crippen LogP contribution in [0.2, 0.25) is 0 Å². The summed E-state index contributed by atoms with van der Waals surface area (Å²) in [6.45, 7) is 3.40. The van der Waals surface area contributed by atoms with Crippen molar-refractivity contribution in [1.82, 2.24) is 0 Å². The zero-order chi connectivity index (χ0) is 21.3. The molecule has 1 aliphatic heterocycles. The Balaban J connectivity index is 1.34. The molecule has 0 bridgehead atoms. The molecule has 158 valence electrons. The molecule has 2 aromatic carbocycles. The number of rotatable bonds is 9. The number of nitrogens with zero attached hydrogens (tertiary/aromatic N) is 1. The van der Waals surface area contributed by atoms with Crippen LogP contribution in [-0.4, -0.2) is 44.0 Å². The summed E-state index contributed by atoms with van der Waals surface area (Å²) in [5.41, 5.74) is 2.41. The zero-order valence-corrected chi connectivity index (χ0v) is 17.1. The van der Waals surface area contributed by atoms with Gasteiger partial charge in [-0.25, -0.2) is 0 Å². The SMILES string of the molecule is CC(=O)c1ccc(OCCC(=O)OCC(=O)Nc2ccc(N3CCCC3)cc2)cc1. The van der Waals surface area contributed by atoms with Gasteiger partial charge in [0.05, 0.1) is 13.0 Å². The van der Waals surface area contributed by atoms with Gasteiger partial charge in [0.15, 0.2) is 12.4 Å². The number of hydrogen-bond donors (Lipinski definition) is 1. The van der Waals surface area contributed by atoms with E-state index in [1.165, 1.54) is 19.8 Å². The molecule has 30 heavy (non-hydrogen) atoms. The number of ether oxygens (including phenoxy) is 2. The van der Waals surface area contributed by atoms with Crippen LogP contribution in [0.25, 0.3) is 0 Å². The van der Waals surface area contributed by atoms with Gasteiger partial charge in [0.25, 0.3) is 5.91 Å². The first-order valence-corrected chi connectivity index (χ1v) is 10.1. The van der Waals surface area contributed by atoms with Crippen LogP contribution in [0.5, 0.6) is 5.75 Å². The minimum Gasteiger partial charge on any atom is -0.493 e. The van der Waals surface area contributed by atoms with E-state index in [9.17, 15) is 14.4 Å². The van der Waals surface area contributed by atoms with Crippen LogP contribution in [0.1, 0.15) is 36.5 Å². The van der Waals surface area contributed by atoms with Gasteiger partial charge < -0.3 is 19.7 Å². The van der Waals surface area contributed by atoms with Gasteiger partial charge in [0.1, 0.15) is 5.75 Å². The molecular weight excluding hydrogens is 384 g/mol. The molecule has 1 fully saturated rings. The number of ketones is 1. The molecule has 1 aliphatic rings. The molecule has 0 unspecified atom stereocenters. The second kappa shape index (κ2) is 10.4. The fourth-order valence-electron chi connectivity index (χ4n) is 3.18. The van der Waals surface area contributed by atoms with E-state index in [-0.39, 0.29) is 25.4 Å². The fraction of sp³-hybridized carbons (Fsp3) is 0.348. The second-order valence-corrected chi connectivity index (χ2v) is 7.13. The highest BCUT2D eigenvalue weighted by Crippen LogP contribution is 2.22. The molecule has 3 rings (SSSR count). The van der Waals surface area contributed by atoms with Gasteiger partial charge in [-0.1, -0.05) is 0 Å². The van der Waals surface area contributed by atoms with E-state index in [0.717, 1.165) is 18.8 Å². The monoisotopic (exact) mass is 410 g/mol. The van der Waals surface area contributed by atoms with E-state index < -0.39 is 11.9 Å². The van der Waals surface area contributed by atoms with Crippen molar-refractivity contribution in [3.63, 3.8) is 0 Å². The minimum absolute atomic E-state index is 0.0201. The minimum atomic E-state index is -0.519. The molecule has 7 nitrogen and oxygen atoms in total. The molecule has 0 spiro atoms. The van der Waals surface area contributed by atoms with Gasteiger partial charge in [0, 0.05) is 30.0 Å². The Morgan fingerprint density at radius 2 is 1.63 bits per heavy atom. The first kappa shape index (κ1) is 21.4. The summed E-state index contributed by atoms with van der Waals surface area (Å²) in [6.07, 6.45) is 2.44. The van der Waals surface area contributed by atoms with Crippen LogP contribution in [0.15, 0.2) is 48.5 Å². The maximum atomic E-state index is 12.0. The van der Waals surface area contributed by atoms with E-state index >= 15 is 0 Å². The van der Waals surface area contributed by atoms with Crippen LogP contribution >= 0.6 is 0 Å². The summed E-state index contributed by atoms with van der Waals surface area (Å²) in [6, 6.07) is 14.3. The number of carbonyl (C=O) groups is 3. The Bertz CT molecular complexity index is 871. The highest BCUT2D eigenvalue weighted by atomic mass is 16.5. The zero-order valence-electron chi connectivity index (χ0n) is 17.1. The Kier molecular flexibility index (Phi) is 7.43. The Labute approximate surface area is 176 Å². The number of esters is 1. The molecule has 0 atom stereocenters. The topological polar surface area (TPSA) is 84.9 Å². The van der Waals surface area contributed by atoms with Crippen LogP contribution in [0, 0.1) is 0 Å². The third kappa shape index (κ3) is 6.34. The van der Waals surface area contributed by atoms with Gasteiger partial charge in [-0.15, -0.1) is 0 Å². The standard InChI is InChI=1S/C23H26N2O5/c1-17(26)18-4-10-21(11-5-18)29-15-12-23(28)30-16-22(27)24-19-6-8-20(9-7-19)25-13-2-3-14-25/h4-11H,2-3,12-16H2,1H3,(H,24,27). The largest absolute Gasteiger partial charge is 0.493 e. The summed E-state index contributed by atoms with van der Waals surface area (Å²) in [5, 5.41) is 2.72. The lowest BCUT2D eigenvalue weighted by molar-refractivity contribution is -0.147. The Morgan fingerprint density at radius 1 is 0.967 bits per heavy atom. The molecular formula is C23H26N2O5. The van der Waals surface area contributed by atoms with Crippen molar-refractivity contribution in [2.75, 3.05) is 36.5 Å². The van der Waals surface area contributed by atoms with Gasteiger partial charge in [-0.05, 0) is 68.3 Å². The quantitative estimate of drug-likeness (QED) is 0.504. The normalized spacial score (nSPS) is 13.0. The van der Waals surface area contributed by atoms with Gasteiger partial charge in [-0.3, -0.25) is 14.4 Å². The number of anilines is 2. The molecule has 0 aliphatic carbocycles. The van der Waals surface area contributed by atoms with Crippen LogP contribution in [-0.2, 0) is 14.3 Å². The van der Waals surface area contributed by atoms with E-state index in [1.807, 2.05) is 24.3 Å². The average molecular weight is 410 g/mol. The number of amides is 1. The molecule has 2 aromatic rings. The summed E-state index contributed by atoms with van der Waals surface area (Å²) in [4.78, 5) is 37.3. The van der Waals surface area contributed by atoms with Crippen molar-refractivity contribution in [2.24, 2.45) is 0 Å². The molecule has 7 heteroatoms. The Morgan fingerprint density at radius 3 is 2.27 bits per heavy atom. The number of nitrogens with one attached hydrogen (secondary N) is 1. The van der Waals surface area contributed by atoms with E-state index in [1.54, 1.807) is 24.3 Å². The third-order valence-electron chi connectivity index (χ3n) is 4.82. The van der Waals surface area contributed by atoms with E-state index in [0.29, 0.717) is 17.0 Å². The maximum Gasteiger partial charge on any atom is 0.309 e. The number of carbonyl (C=O) groups excluding carboxylic acids is 3. The molecule has 1 amide bonds. The highest BCUT2D eigenvalue weighted by Gasteiger charge is 2.13. The number of benzene rings is 2. The van der Waals surface area contributed by atoms with E-state index in [4.69, 9.17) is 9.47 Å². The van der Waals surface area contributed by atoms with Crippen LogP contribution in [0.4, 0.5) is 11.4 Å². The Hall–Kier alpha value is -3.35. The second-order valence-electron chi connectivity index (χ2n) is 7.13. The molecule has 0 radical (unpaired) electrons. The first-order valence-electron chi connectivity index (χ1n) is 10.1. The van der Waals surface area contributed by atoms with Crippen molar-refractivity contribution in [3.8, 4) is 5.75 Å². The van der Waals surface area contributed by atoms with Gasteiger partial charge in [-0.2, -0.15) is 0 Å². The van der Waals surface area contributed by atoms with Gasteiger partial charge >= 0.3 is 5.97 Å². The smallest absolute Gasteiger partial charge is 0.309 e. The lowest BCUT2D eigenvalue weighted by atomic mass is 10.1. The number of Topliss-reactive ketones (excluding diaryl/α,β-unsaturated/α-hetero) is 1. The first-order chi connectivity index (χ1) is 14.5. The third-order valence-corrected chi connectivity index (χ3v) is 4.82. The fourth-order valence-corrected chi connectivity index (χ4v) is 3.18. The van der Waals surface area contributed by atoms with E-state index in [2.05, 4.69) is 10.2 Å². The molecule has 0 saturated carbocycles. The summed E-state index contributed by atoms with van der Waals surface area (Å²) in [7, 11) is 0. The predicted molar refractivity (Wildman–Crippen MR) is 114 cm³/mol. The maximum absolute atomic E-state index is 12.0. The van der Waals surface area contributed by atoms with Crippen molar-refractivity contribution in [2.45, 2.75) is 26.2 Å². The molecule has 0 aromatic heterocycles. The molecule has 1 saturated heterocycles. The van der Waals surface area contributed by atoms with Crippen molar-refractivity contribution in [1.29, 1.82) is 0 Å². The van der Waals surface area contributed by atoms with Crippen LogP contribution < -0.4 is 15.0 Å². The summed E-state index contributed by atoms with van der Waals surface area (Å²) < 4.78 is 10.4. The lowest BCUT2D eigenvalue weighted by Crippen LogP contribution is -2.22. The van der Waals surface area contributed by atoms with Crippen molar-refractivity contribution in [3.05, 3.63) is 54.1 Å². The number of hydrogen-bond acceptors (Lipinski definition) is 6. The lowest BCUT2D eigenvalue weighted by Gasteiger charge is -2.17. The predicted octanol–water partition coefficient (Wildman–Crippen LogP) is 3.44. The van der Waals surface area contributed by atoms with Gasteiger partial charge in [0.2, 0.25) is 0 Å². The summed E-state index contributed by atoms with van der Waals surface area (Å²) >= 11 is 0. The van der Waals surface area contributed by atoms with Crippen molar-refractivity contribution < 1.29 is 23.9 Å². The van der Waals surface area contributed by atoms with Crippen molar-refractivity contribution >= 4 is 29.0 Å². The highest BCUT2D eigenvalue weighted by molar-refractivity contribution is 5.94. The molecule has 1 heterocycles. The molecule has 1 N–H and O–H groups in total. The average Bonchev–Trinajstić information content (AvgIpc) is 3.28. The summed E-state index contributed by atoms with van der Waals surface area (Å²) in [5.74, 6) is -0.373. The van der Waals surface area contributed by atoms with Crippen LogP contribution in [0.3, 0.4) is 0 Å².